The number of aromatic nitrogens is 2. The van der Waals surface area contributed by atoms with Crippen LogP contribution >= 0.6 is 11.3 Å². The van der Waals surface area contributed by atoms with Gasteiger partial charge in [0.1, 0.15) is 0 Å². The largest absolute Gasteiger partial charge is 0.228 e. The molecule has 0 unspecified atom stereocenters. The highest BCUT2D eigenvalue weighted by Crippen LogP contribution is 2.48. The van der Waals surface area contributed by atoms with E-state index in [1.807, 2.05) is 17.4 Å². The highest BCUT2D eigenvalue weighted by atomic mass is 32.1. The predicted octanol–water partition coefficient (Wildman–Crippen LogP) is 16.3. The van der Waals surface area contributed by atoms with E-state index in [4.69, 9.17) is 9.97 Å². The molecular weight excluding hydrogens is 757 g/mol. The molecule has 61 heavy (non-hydrogen) atoms. The molecule has 0 atom stereocenters. The van der Waals surface area contributed by atoms with Gasteiger partial charge in [-0.25, -0.2) is 9.97 Å². The van der Waals surface area contributed by atoms with Crippen LogP contribution in [-0.2, 0) is 0 Å². The summed E-state index contributed by atoms with van der Waals surface area (Å²) in [6.07, 6.45) is 0. The van der Waals surface area contributed by atoms with E-state index in [2.05, 4.69) is 212 Å². The summed E-state index contributed by atoms with van der Waals surface area (Å²) in [6.45, 7) is 0. The van der Waals surface area contributed by atoms with Crippen LogP contribution in [0.3, 0.4) is 0 Å². The number of nitrogens with zero attached hydrogens (tertiary/aromatic N) is 2. The number of thiophene rings is 1. The van der Waals surface area contributed by atoms with Crippen LogP contribution < -0.4 is 0 Å². The summed E-state index contributed by atoms with van der Waals surface area (Å²) in [5.74, 6) is 0.702. The Morgan fingerprint density at radius 3 is 1.66 bits per heavy atom. The van der Waals surface area contributed by atoms with Crippen LogP contribution in [0.15, 0.2) is 218 Å². The number of hydrogen-bond acceptors (Lipinski definition) is 3. The van der Waals surface area contributed by atoms with Crippen LogP contribution in [0.25, 0.3) is 120 Å². The fourth-order valence-corrected chi connectivity index (χ4v) is 10.3. The molecule has 2 aromatic heterocycles. The van der Waals surface area contributed by atoms with Crippen LogP contribution in [0.5, 0.6) is 0 Å². The first-order valence-corrected chi connectivity index (χ1v) is 21.5. The molecule has 0 spiro atoms. The molecule has 2 nitrogen and oxygen atoms in total. The number of hydrogen-bond donors (Lipinski definition) is 0. The Balaban J connectivity index is 1.10. The Bertz CT molecular complexity index is 3610. The average Bonchev–Trinajstić information content (AvgIpc) is 3.78. The first-order valence-electron chi connectivity index (χ1n) is 20.7. The summed E-state index contributed by atoms with van der Waals surface area (Å²) in [5, 5.41) is 11.1. The highest BCUT2D eigenvalue weighted by molar-refractivity contribution is 7.22. The monoisotopic (exact) mass is 792 g/mol. The van der Waals surface area contributed by atoms with Crippen molar-refractivity contribution in [2.24, 2.45) is 0 Å². The van der Waals surface area contributed by atoms with E-state index in [0.29, 0.717) is 5.82 Å². The third-order valence-corrected chi connectivity index (χ3v) is 13.2. The molecule has 0 bridgehead atoms. The van der Waals surface area contributed by atoms with Gasteiger partial charge in [0, 0.05) is 26.3 Å². The average molecular weight is 793 g/mol. The van der Waals surface area contributed by atoms with Crippen molar-refractivity contribution >= 4 is 64.5 Å². The zero-order valence-corrected chi connectivity index (χ0v) is 33.9. The maximum absolute atomic E-state index is 5.34. The van der Waals surface area contributed by atoms with Crippen molar-refractivity contribution in [3.05, 3.63) is 218 Å². The molecule has 0 amide bonds. The standard InChI is InChI=1S/C58H36N2S/c1-3-17-38(18-4-1)55-47-27-12-13-28-48(47)57(56-43-24-9-7-16-37(43)30-31-50(55)56)49-33-32-46(44-25-10-11-26-45(44)49)52-36-51(59-58(60-52)39-19-5-2-6-20-39)40-22-15-23-41(34-40)54-35-42-21-8-14-29-53(42)61-54/h1-36H. The lowest BCUT2D eigenvalue weighted by Gasteiger charge is -2.21. The molecule has 0 radical (unpaired) electrons. The molecular formula is C58H36N2S. The van der Waals surface area contributed by atoms with Gasteiger partial charge in [-0.3, -0.25) is 0 Å². The summed E-state index contributed by atoms with van der Waals surface area (Å²) in [4.78, 5) is 11.8. The number of fused-ring (bicyclic) bond motifs is 6. The Kier molecular flexibility index (Phi) is 8.39. The van der Waals surface area contributed by atoms with Gasteiger partial charge in [0.05, 0.1) is 11.4 Å². The molecule has 3 heteroatoms. The zero-order valence-electron chi connectivity index (χ0n) is 33.1. The van der Waals surface area contributed by atoms with E-state index in [1.54, 1.807) is 0 Å². The van der Waals surface area contributed by atoms with Gasteiger partial charge in [-0.15, -0.1) is 11.3 Å². The Hall–Kier alpha value is -7.72. The van der Waals surface area contributed by atoms with Crippen LogP contribution in [0, 0.1) is 0 Å². The third-order valence-electron chi connectivity index (χ3n) is 12.1. The molecule has 0 fully saturated rings. The predicted molar refractivity (Wildman–Crippen MR) is 260 cm³/mol. The number of rotatable bonds is 6. The van der Waals surface area contributed by atoms with Crippen molar-refractivity contribution in [3.8, 4) is 66.6 Å². The molecule has 0 N–H and O–H groups in total. The summed E-state index contributed by atoms with van der Waals surface area (Å²) in [6, 6.07) is 78.8. The summed E-state index contributed by atoms with van der Waals surface area (Å²) in [7, 11) is 0. The van der Waals surface area contributed by atoms with Crippen molar-refractivity contribution < 1.29 is 0 Å². The van der Waals surface area contributed by atoms with Crippen molar-refractivity contribution in [1.29, 1.82) is 0 Å². The van der Waals surface area contributed by atoms with E-state index in [0.717, 1.165) is 33.5 Å². The van der Waals surface area contributed by atoms with Crippen LogP contribution in [0.1, 0.15) is 0 Å². The van der Waals surface area contributed by atoms with E-state index < -0.39 is 0 Å². The lowest BCUT2D eigenvalue weighted by atomic mass is 9.82. The molecule has 0 aliphatic carbocycles. The molecule has 0 aliphatic rings. The van der Waals surface area contributed by atoms with Crippen molar-refractivity contribution in [1.82, 2.24) is 9.97 Å². The van der Waals surface area contributed by atoms with E-state index in [1.165, 1.54) is 80.5 Å². The van der Waals surface area contributed by atoms with Gasteiger partial charge in [-0.1, -0.05) is 194 Å². The van der Waals surface area contributed by atoms with Gasteiger partial charge < -0.3 is 0 Å². The number of benzene rings is 10. The van der Waals surface area contributed by atoms with Crippen LogP contribution in [0.4, 0.5) is 0 Å². The topological polar surface area (TPSA) is 25.8 Å². The Labute approximate surface area is 357 Å². The second-order valence-corrected chi connectivity index (χ2v) is 16.7. The SMILES string of the molecule is c1ccc(-c2nc(-c3cccc(-c4cc5ccccc5s4)c3)cc(-c3ccc(-c4c5ccccc5c(-c5ccccc5)c5ccc6ccccc6c45)c4ccccc34)n2)cc1. The summed E-state index contributed by atoms with van der Waals surface area (Å²) in [5.41, 5.74) is 11.0. The first kappa shape index (κ1) is 35.2. The van der Waals surface area contributed by atoms with Crippen LogP contribution in [-0.4, -0.2) is 9.97 Å². The molecule has 284 valence electrons. The van der Waals surface area contributed by atoms with E-state index in [-0.39, 0.29) is 0 Å². The third kappa shape index (κ3) is 6.01. The molecule has 10 aromatic carbocycles. The van der Waals surface area contributed by atoms with E-state index >= 15 is 0 Å². The van der Waals surface area contributed by atoms with Gasteiger partial charge in [0.25, 0.3) is 0 Å². The van der Waals surface area contributed by atoms with Crippen molar-refractivity contribution in [3.63, 3.8) is 0 Å². The lowest BCUT2D eigenvalue weighted by Crippen LogP contribution is -1.97. The van der Waals surface area contributed by atoms with Gasteiger partial charge in [-0.2, -0.15) is 0 Å². The van der Waals surface area contributed by atoms with Crippen LogP contribution in [0.2, 0.25) is 0 Å². The second kappa shape index (κ2) is 14.5. The normalized spacial score (nSPS) is 11.6. The summed E-state index contributed by atoms with van der Waals surface area (Å²) >= 11 is 1.82. The maximum Gasteiger partial charge on any atom is 0.160 e. The van der Waals surface area contributed by atoms with E-state index in [9.17, 15) is 0 Å². The molecule has 0 saturated heterocycles. The van der Waals surface area contributed by atoms with Crippen molar-refractivity contribution in [2.45, 2.75) is 0 Å². The Morgan fingerprint density at radius 2 is 0.885 bits per heavy atom. The molecule has 12 aromatic rings. The fraction of sp³-hybridized carbons (Fsp3) is 0. The molecule has 0 aliphatic heterocycles. The Morgan fingerprint density at radius 1 is 0.311 bits per heavy atom. The lowest BCUT2D eigenvalue weighted by molar-refractivity contribution is 1.18. The minimum Gasteiger partial charge on any atom is -0.228 e. The zero-order chi connectivity index (χ0) is 40.3. The molecule has 0 saturated carbocycles. The summed E-state index contributed by atoms with van der Waals surface area (Å²) < 4.78 is 1.29. The van der Waals surface area contributed by atoms with Crippen molar-refractivity contribution in [2.75, 3.05) is 0 Å². The molecule has 2 heterocycles. The minimum atomic E-state index is 0.702. The fourth-order valence-electron chi connectivity index (χ4n) is 9.29. The smallest absolute Gasteiger partial charge is 0.160 e. The van der Waals surface area contributed by atoms with Gasteiger partial charge >= 0.3 is 0 Å². The van der Waals surface area contributed by atoms with Gasteiger partial charge in [-0.05, 0) is 101 Å². The highest BCUT2D eigenvalue weighted by Gasteiger charge is 2.22. The second-order valence-electron chi connectivity index (χ2n) is 15.6. The quantitative estimate of drug-likeness (QED) is 0.124. The molecule has 12 rings (SSSR count). The van der Waals surface area contributed by atoms with Gasteiger partial charge in [0.15, 0.2) is 5.82 Å². The minimum absolute atomic E-state index is 0.702. The first-order chi connectivity index (χ1) is 30.2. The maximum atomic E-state index is 5.34. The van der Waals surface area contributed by atoms with Gasteiger partial charge in [0.2, 0.25) is 0 Å².